The van der Waals surface area contributed by atoms with Gasteiger partial charge in [0, 0.05) is 18.2 Å². The molecule has 1 aromatic rings. The summed E-state index contributed by atoms with van der Waals surface area (Å²) in [6.45, 7) is 8.27. The van der Waals surface area contributed by atoms with Crippen molar-refractivity contribution in [1.82, 2.24) is 4.90 Å². The van der Waals surface area contributed by atoms with Gasteiger partial charge in [0.25, 0.3) is 0 Å². The number of furan rings is 1. The zero-order valence-corrected chi connectivity index (χ0v) is 9.94. The van der Waals surface area contributed by atoms with Gasteiger partial charge in [-0.1, -0.05) is 13.8 Å². The van der Waals surface area contributed by atoms with Crippen LogP contribution in [0.25, 0.3) is 0 Å². The molecule has 3 heteroatoms. The molecule has 0 aliphatic rings. The number of likely N-dealkylation sites (N-methyl/N-ethyl adjacent to an activating group) is 1. The van der Waals surface area contributed by atoms with E-state index in [4.69, 9.17) is 10.2 Å². The van der Waals surface area contributed by atoms with E-state index in [0.29, 0.717) is 12.6 Å². The third-order valence-corrected chi connectivity index (χ3v) is 3.07. The summed E-state index contributed by atoms with van der Waals surface area (Å²) in [4.78, 5) is 2.42. The van der Waals surface area contributed by atoms with Gasteiger partial charge in [0.1, 0.15) is 0 Å². The highest BCUT2D eigenvalue weighted by molar-refractivity contribution is 5.12. The molecule has 0 amide bonds. The Balaban J connectivity index is 2.80. The van der Waals surface area contributed by atoms with Crippen LogP contribution in [-0.4, -0.2) is 24.0 Å². The van der Waals surface area contributed by atoms with Crippen LogP contribution in [0.2, 0.25) is 0 Å². The molecule has 2 atom stereocenters. The summed E-state index contributed by atoms with van der Waals surface area (Å²) in [5, 5.41) is 0. The van der Waals surface area contributed by atoms with E-state index in [0.717, 1.165) is 13.0 Å². The lowest BCUT2D eigenvalue weighted by Gasteiger charge is -2.34. The van der Waals surface area contributed by atoms with Crippen molar-refractivity contribution in [2.45, 2.75) is 39.3 Å². The van der Waals surface area contributed by atoms with E-state index in [1.165, 1.54) is 5.56 Å². The fourth-order valence-corrected chi connectivity index (χ4v) is 2.00. The predicted molar refractivity (Wildman–Crippen MR) is 62.6 cm³/mol. The lowest BCUT2D eigenvalue weighted by Crippen LogP contribution is -2.39. The molecular formula is C12H22N2O. The maximum absolute atomic E-state index is 5.85. The summed E-state index contributed by atoms with van der Waals surface area (Å²) in [7, 11) is 0. The first kappa shape index (κ1) is 12.3. The lowest BCUT2D eigenvalue weighted by atomic mass is 10.1. The molecule has 2 unspecified atom stereocenters. The van der Waals surface area contributed by atoms with Gasteiger partial charge in [0.15, 0.2) is 0 Å². The number of hydrogen-bond donors (Lipinski definition) is 1. The standard InChI is InChI=1S/C12H22N2O/c1-4-10(3)14(5-2)12(8-13)11-6-7-15-9-11/h6-7,9-10,12H,4-5,8,13H2,1-3H3. The summed E-state index contributed by atoms with van der Waals surface area (Å²) >= 11 is 0. The smallest absolute Gasteiger partial charge is 0.0950 e. The Morgan fingerprint density at radius 3 is 2.60 bits per heavy atom. The molecule has 0 saturated heterocycles. The lowest BCUT2D eigenvalue weighted by molar-refractivity contribution is 0.151. The van der Waals surface area contributed by atoms with Crippen molar-refractivity contribution >= 4 is 0 Å². The van der Waals surface area contributed by atoms with E-state index in [9.17, 15) is 0 Å². The number of hydrogen-bond acceptors (Lipinski definition) is 3. The predicted octanol–water partition coefficient (Wildman–Crippen LogP) is 2.40. The van der Waals surface area contributed by atoms with Crippen molar-refractivity contribution in [3.63, 3.8) is 0 Å². The van der Waals surface area contributed by atoms with E-state index in [-0.39, 0.29) is 6.04 Å². The molecule has 0 radical (unpaired) electrons. The maximum Gasteiger partial charge on any atom is 0.0950 e. The molecule has 1 heterocycles. The molecule has 0 aliphatic heterocycles. The van der Waals surface area contributed by atoms with Crippen LogP contribution in [0.15, 0.2) is 23.0 Å². The van der Waals surface area contributed by atoms with Crippen LogP contribution in [-0.2, 0) is 0 Å². The van der Waals surface area contributed by atoms with E-state index < -0.39 is 0 Å². The highest BCUT2D eigenvalue weighted by Gasteiger charge is 2.22. The second kappa shape index (κ2) is 5.93. The molecular weight excluding hydrogens is 188 g/mol. The topological polar surface area (TPSA) is 42.4 Å². The van der Waals surface area contributed by atoms with Crippen LogP contribution >= 0.6 is 0 Å². The van der Waals surface area contributed by atoms with Gasteiger partial charge in [-0.3, -0.25) is 4.90 Å². The van der Waals surface area contributed by atoms with Crippen LogP contribution in [0.3, 0.4) is 0 Å². The second-order valence-corrected chi connectivity index (χ2v) is 3.90. The number of rotatable bonds is 6. The first-order valence-corrected chi connectivity index (χ1v) is 5.72. The summed E-state index contributed by atoms with van der Waals surface area (Å²) in [6, 6.07) is 2.84. The molecule has 2 N–H and O–H groups in total. The van der Waals surface area contributed by atoms with Gasteiger partial charge in [-0.25, -0.2) is 0 Å². The minimum atomic E-state index is 0.281. The SMILES string of the molecule is CCC(C)N(CC)C(CN)c1ccoc1. The molecule has 0 bridgehead atoms. The Morgan fingerprint density at radius 2 is 2.20 bits per heavy atom. The van der Waals surface area contributed by atoms with Gasteiger partial charge < -0.3 is 10.2 Å². The largest absolute Gasteiger partial charge is 0.472 e. The highest BCUT2D eigenvalue weighted by atomic mass is 16.3. The highest BCUT2D eigenvalue weighted by Crippen LogP contribution is 2.23. The molecule has 1 rings (SSSR count). The summed E-state index contributed by atoms with van der Waals surface area (Å²) in [5.41, 5.74) is 7.03. The molecule has 0 fully saturated rings. The van der Waals surface area contributed by atoms with Gasteiger partial charge in [-0.15, -0.1) is 0 Å². The van der Waals surface area contributed by atoms with E-state index in [1.807, 2.05) is 6.07 Å². The van der Waals surface area contributed by atoms with Gasteiger partial charge >= 0.3 is 0 Å². The second-order valence-electron chi connectivity index (χ2n) is 3.90. The fourth-order valence-electron chi connectivity index (χ4n) is 2.00. The maximum atomic E-state index is 5.85. The number of nitrogens with zero attached hydrogens (tertiary/aromatic N) is 1. The summed E-state index contributed by atoms with van der Waals surface area (Å²) < 4.78 is 5.12. The van der Waals surface area contributed by atoms with Crippen LogP contribution in [0.5, 0.6) is 0 Å². The Kier molecular flexibility index (Phi) is 4.85. The van der Waals surface area contributed by atoms with E-state index in [2.05, 4.69) is 25.7 Å². The van der Waals surface area contributed by atoms with Crippen LogP contribution in [0.1, 0.15) is 38.8 Å². The molecule has 0 spiro atoms. The first-order valence-electron chi connectivity index (χ1n) is 5.72. The molecule has 86 valence electrons. The van der Waals surface area contributed by atoms with Gasteiger partial charge in [0.05, 0.1) is 18.6 Å². The minimum Gasteiger partial charge on any atom is -0.472 e. The van der Waals surface area contributed by atoms with Crippen molar-refractivity contribution in [3.8, 4) is 0 Å². The van der Waals surface area contributed by atoms with Crippen molar-refractivity contribution in [1.29, 1.82) is 0 Å². The summed E-state index contributed by atoms with van der Waals surface area (Å²) in [6.07, 6.45) is 4.65. The number of nitrogens with two attached hydrogens (primary N) is 1. The van der Waals surface area contributed by atoms with Crippen molar-refractivity contribution in [2.24, 2.45) is 5.73 Å². The zero-order chi connectivity index (χ0) is 11.3. The van der Waals surface area contributed by atoms with Crippen molar-refractivity contribution in [3.05, 3.63) is 24.2 Å². The average molecular weight is 210 g/mol. The Bertz CT molecular complexity index is 259. The van der Waals surface area contributed by atoms with E-state index >= 15 is 0 Å². The Morgan fingerprint density at radius 1 is 1.47 bits per heavy atom. The van der Waals surface area contributed by atoms with Gasteiger partial charge in [0.2, 0.25) is 0 Å². The Labute approximate surface area is 92.2 Å². The molecule has 0 aromatic carbocycles. The summed E-state index contributed by atoms with van der Waals surface area (Å²) in [5.74, 6) is 0. The van der Waals surface area contributed by atoms with Crippen molar-refractivity contribution < 1.29 is 4.42 Å². The monoisotopic (exact) mass is 210 g/mol. The molecule has 15 heavy (non-hydrogen) atoms. The molecule has 0 saturated carbocycles. The van der Waals surface area contributed by atoms with Crippen molar-refractivity contribution in [2.75, 3.05) is 13.1 Å². The Hall–Kier alpha value is -0.800. The quantitative estimate of drug-likeness (QED) is 0.784. The molecule has 0 aliphatic carbocycles. The van der Waals surface area contributed by atoms with Gasteiger partial charge in [-0.2, -0.15) is 0 Å². The fraction of sp³-hybridized carbons (Fsp3) is 0.667. The molecule has 1 aromatic heterocycles. The normalized spacial score (nSPS) is 15.5. The average Bonchev–Trinajstić information content (AvgIpc) is 2.77. The van der Waals surface area contributed by atoms with Crippen LogP contribution < -0.4 is 5.73 Å². The minimum absolute atomic E-state index is 0.281. The third kappa shape index (κ3) is 2.83. The van der Waals surface area contributed by atoms with Gasteiger partial charge in [-0.05, 0) is 26.0 Å². The van der Waals surface area contributed by atoms with Crippen LogP contribution in [0.4, 0.5) is 0 Å². The van der Waals surface area contributed by atoms with Crippen LogP contribution in [0, 0.1) is 0 Å². The molecule has 3 nitrogen and oxygen atoms in total. The van der Waals surface area contributed by atoms with E-state index in [1.54, 1.807) is 12.5 Å². The zero-order valence-electron chi connectivity index (χ0n) is 9.94. The third-order valence-electron chi connectivity index (χ3n) is 3.07. The first-order chi connectivity index (χ1) is 7.24.